The zero-order valence-corrected chi connectivity index (χ0v) is 12.0. The molecule has 0 spiro atoms. The highest BCUT2D eigenvalue weighted by Gasteiger charge is 2.53. The van der Waals surface area contributed by atoms with Gasteiger partial charge in [-0.3, -0.25) is 4.90 Å². The van der Waals surface area contributed by atoms with Crippen molar-refractivity contribution < 1.29 is 4.48 Å². The van der Waals surface area contributed by atoms with Crippen molar-refractivity contribution in [3.8, 4) is 0 Å². The molecule has 0 amide bonds. The first-order valence-corrected chi connectivity index (χ1v) is 8.34. The highest BCUT2D eigenvalue weighted by Crippen LogP contribution is 2.45. The van der Waals surface area contributed by atoms with Crippen molar-refractivity contribution in [2.45, 2.75) is 57.0 Å². The van der Waals surface area contributed by atoms with E-state index in [0.29, 0.717) is 0 Å². The van der Waals surface area contributed by atoms with Gasteiger partial charge in [-0.05, 0) is 45.1 Å². The average molecular weight is 249 g/mol. The van der Waals surface area contributed by atoms with Gasteiger partial charge in [0.15, 0.2) is 0 Å². The average Bonchev–Trinajstić information content (AvgIpc) is 2.38. The molecule has 4 saturated heterocycles. The summed E-state index contributed by atoms with van der Waals surface area (Å²) in [5.41, 5.74) is 0. The summed E-state index contributed by atoms with van der Waals surface area (Å²) in [4.78, 5) is 2.89. The van der Waals surface area contributed by atoms with E-state index in [0.717, 1.165) is 23.9 Å². The lowest BCUT2D eigenvalue weighted by Crippen LogP contribution is -2.70. The number of hydrogen-bond donors (Lipinski definition) is 0. The largest absolute Gasteiger partial charge is 0.323 e. The Morgan fingerprint density at radius 2 is 1.89 bits per heavy atom. The molecule has 5 atom stereocenters. The second-order valence-corrected chi connectivity index (χ2v) is 7.76. The molecule has 2 bridgehead atoms. The number of fused-ring (bicyclic) bond motifs is 6. The first-order chi connectivity index (χ1) is 8.76. The van der Waals surface area contributed by atoms with Crippen molar-refractivity contribution >= 4 is 0 Å². The molecule has 2 heteroatoms. The molecule has 2 nitrogen and oxygen atoms in total. The third-order valence-corrected chi connectivity index (χ3v) is 6.70. The molecule has 0 radical (unpaired) electrons. The van der Waals surface area contributed by atoms with Gasteiger partial charge < -0.3 is 4.48 Å². The van der Waals surface area contributed by atoms with Gasteiger partial charge >= 0.3 is 0 Å². The SMILES string of the molecule is C[N+]12CCCCC1C1C[C@H](C2)[C@H]2CCCCN2C1. The van der Waals surface area contributed by atoms with E-state index in [1.54, 1.807) is 6.42 Å². The van der Waals surface area contributed by atoms with Crippen molar-refractivity contribution in [2.24, 2.45) is 11.8 Å². The number of nitrogens with zero attached hydrogens (tertiary/aromatic N) is 2. The Hall–Kier alpha value is -0.0800. The monoisotopic (exact) mass is 249 g/mol. The van der Waals surface area contributed by atoms with Crippen LogP contribution < -0.4 is 0 Å². The third-order valence-electron chi connectivity index (χ3n) is 6.70. The summed E-state index contributed by atoms with van der Waals surface area (Å²) in [5, 5.41) is 0. The van der Waals surface area contributed by atoms with Crippen molar-refractivity contribution in [3.63, 3.8) is 0 Å². The molecule has 4 aliphatic rings. The molecule has 3 unspecified atom stereocenters. The smallest absolute Gasteiger partial charge is 0.0929 e. The molecule has 4 aliphatic heterocycles. The van der Waals surface area contributed by atoms with Gasteiger partial charge in [0.1, 0.15) is 0 Å². The second kappa shape index (κ2) is 4.21. The molecule has 4 heterocycles. The maximum Gasteiger partial charge on any atom is 0.0929 e. The van der Waals surface area contributed by atoms with E-state index in [1.807, 2.05) is 0 Å². The fourth-order valence-corrected chi connectivity index (χ4v) is 5.99. The first-order valence-electron chi connectivity index (χ1n) is 8.34. The Morgan fingerprint density at radius 3 is 2.83 bits per heavy atom. The van der Waals surface area contributed by atoms with Crippen molar-refractivity contribution in [2.75, 3.05) is 33.2 Å². The molecule has 18 heavy (non-hydrogen) atoms. The zero-order chi connectivity index (χ0) is 12.2. The van der Waals surface area contributed by atoms with Crippen LogP contribution in [-0.2, 0) is 0 Å². The molecular formula is C16H29N2+. The van der Waals surface area contributed by atoms with E-state index < -0.39 is 0 Å². The Morgan fingerprint density at radius 1 is 1.00 bits per heavy atom. The van der Waals surface area contributed by atoms with E-state index in [-0.39, 0.29) is 0 Å². The lowest BCUT2D eigenvalue weighted by molar-refractivity contribution is -0.951. The van der Waals surface area contributed by atoms with Crippen LogP contribution in [0.25, 0.3) is 0 Å². The van der Waals surface area contributed by atoms with E-state index in [4.69, 9.17) is 0 Å². The Labute approximate surface area is 112 Å². The van der Waals surface area contributed by atoms with E-state index in [2.05, 4.69) is 11.9 Å². The summed E-state index contributed by atoms with van der Waals surface area (Å²) in [5.74, 6) is 2.06. The zero-order valence-electron chi connectivity index (χ0n) is 12.0. The minimum absolute atomic E-state index is 0.966. The van der Waals surface area contributed by atoms with E-state index in [9.17, 15) is 0 Å². The van der Waals surface area contributed by atoms with Gasteiger partial charge in [0, 0.05) is 24.4 Å². The minimum atomic E-state index is 0.966. The molecule has 0 saturated carbocycles. The van der Waals surface area contributed by atoms with E-state index in [1.165, 1.54) is 69.2 Å². The van der Waals surface area contributed by atoms with Gasteiger partial charge in [0.05, 0.1) is 26.2 Å². The van der Waals surface area contributed by atoms with Gasteiger partial charge in [0.25, 0.3) is 0 Å². The standard InChI is InChI=1S/C16H29N2/c1-18-9-5-3-7-16(18)13-10-14(12-18)15-6-2-4-8-17(15)11-13/h13-16H,2-12H2,1H3/q+1/t13?,14-,15-,16?,18?/m1/s1. The van der Waals surface area contributed by atoms with Crippen LogP contribution in [0.2, 0.25) is 0 Å². The number of piperidine rings is 4. The Kier molecular flexibility index (Phi) is 2.74. The summed E-state index contributed by atoms with van der Waals surface area (Å²) < 4.78 is 1.44. The van der Waals surface area contributed by atoms with Crippen LogP contribution in [0, 0.1) is 11.8 Å². The van der Waals surface area contributed by atoms with Crippen molar-refractivity contribution in [1.82, 2.24) is 4.90 Å². The predicted octanol–water partition coefficient (Wildman–Crippen LogP) is 2.49. The maximum atomic E-state index is 2.89. The Balaban J connectivity index is 1.61. The van der Waals surface area contributed by atoms with Gasteiger partial charge in [-0.2, -0.15) is 0 Å². The van der Waals surface area contributed by atoms with Crippen LogP contribution in [0.15, 0.2) is 0 Å². The second-order valence-electron chi connectivity index (χ2n) is 7.76. The quantitative estimate of drug-likeness (QED) is 0.596. The van der Waals surface area contributed by atoms with Crippen molar-refractivity contribution in [1.29, 1.82) is 0 Å². The molecular weight excluding hydrogens is 220 g/mol. The lowest BCUT2D eigenvalue weighted by Gasteiger charge is -2.60. The summed E-state index contributed by atoms with van der Waals surface area (Å²) >= 11 is 0. The van der Waals surface area contributed by atoms with Crippen LogP contribution in [0.5, 0.6) is 0 Å². The molecule has 0 aromatic carbocycles. The molecule has 0 aromatic heterocycles. The minimum Gasteiger partial charge on any atom is -0.323 e. The molecule has 102 valence electrons. The van der Waals surface area contributed by atoms with Gasteiger partial charge in [-0.25, -0.2) is 0 Å². The Bertz CT molecular complexity index is 329. The summed E-state index contributed by atoms with van der Waals surface area (Å²) in [6, 6.07) is 1.98. The normalized spacial score (nSPS) is 52.5. The lowest BCUT2D eigenvalue weighted by atomic mass is 9.70. The van der Waals surface area contributed by atoms with Gasteiger partial charge in [0.2, 0.25) is 0 Å². The third kappa shape index (κ3) is 1.68. The molecule has 4 fully saturated rings. The maximum absolute atomic E-state index is 2.89. The predicted molar refractivity (Wildman–Crippen MR) is 74.4 cm³/mol. The number of hydrogen-bond acceptors (Lipinski definition) is 1. The fraction of sp³-hybridized carbons (Fsp3) is 1.00. The summed E-state index contributed by atoms with van der Waals surface area (Å²) in [7, 11) is 2.58. The van der Waals surface area contributed by atoms with Crippen LogP contribution in [-0.4, -0.2) is 54.7 Å². The van der Waals surface area contributed by atoms with Crippen LogP contribution in [0.3, 0.4) is 0 Å². The van der Waals surface area contributed by atoms with Crippen LogP contribution in [0.1, 0.15) is 44.9 Å². The van der Waals surface area contributed by atoms with Crippen molar-refractivity contribution in [3.05, 3.63) is 0 Å². The highest BCUT2D eigenvalue weighted by molar-refractivity contribution is 4.96. The molecule has 0 N–H and O–H groups in total. The number of rotatable bonds is 0. The number of quaternary nitrogens is 1. The molecule has 0 aromatic rings. The van der Waals surface area contributed by atoms with Gasteiger partial charge in [-0.1, -0.05) is 6.42 Å². The topological polar surface area (TPSA) is 3.24 Å². The summed E-state index contributed by atoms with van der Waals surface area (Å²) in [6.07, 6.45) is 10.5. The molecule has 0 aliphatic carbocycles. The summed E-state index contributed by atoms with van der Waals surface area (Å²) in [6.45, 7) is 5.83. The van der Waals surface area contributed by atoms with Crippen LogP contribution in [0.4, 0.5) is 0 Å². The van der Waals surface area contributed by atoms with E-state index >= 15 is 0 Å². The van der Waals surface area contributed by atoms with Crippen LogP contribution >= 0.6 is 0 Å². The van der Waals surface area contributed by atoms with Gasteiger partial charge in [-0.15, -0.1) is 0 Å². The highest BCUT2D eigenvalue weighted by atomic mass is 15.4. The molecule has 4 rings (SSSR count). The first kappa shape index (κ1) is 11.7. The fourth-order valence-electron chi connectivity index (χ4n) is 5.99.